The molecule has 0 amide bonds. The Bertz CT molecular complexity index is 956. The van der Waals surface area contributed by atoms with Crippen molar-refractivity contribution < 1.29 is 9.47 Å². The normalized spacial score (nSPS) is 12.0. The standard InChI is InChI=1S/C28H37NO2/c1-4-6-7-8-12-17-24(5-2)28-26(21-31-22-30-3)25-18-13-14-19-27(25)29(28)20-23-15-10-9-11-16-23/h5,9-11,13-16,18-19H,4,6-8,12,17,20-22H2,1-3H3/b24-5+. The number of unbranched alkanes of at least 4 members (excludes halogenated alkanes) is 4. The van der Waals surface area contributed by atoms with E-state index in [1.807, 2.05) is 0 Å². The van der Waals surface area contributed by atoms with Crippen LogP contribution in [0.15, 0.2) is 60.7 Å². The van der Waals surface area contributed by atoms with Crippen molar-refractivity contribution >= 4 is 16.5 Å². The van der Waals surface area contributed by atoms with Gasteiger partial charge < -0.3 is 14.0 Å². The van der Waals surface area contributed by atoms with Crippen LogP contribution in [-0.2, 0) is 22.6 Å². The monoisotopic (exact) mass is 419 g/mol. The second-order valence-electron chi connectivity index (χ2n) is 8.15. The molecule has 3 nitrogen and oxygen atoms in total. The van der Waals surface area contributed by atoms with Gasteiger partial charge in [-0.2, -0.15) is 0 Å². The fourth-order valence-corrected chi connectivity index (χ4v) is 4.36. The Hall–Kier alpha value is -2.36. The molecule has 0 fully saturated rings. The van der Waals surface area contributed by atoms with E-state index in [2.05, 4.69) is 79.1 Å². The highest BCUT2D eigenvalue weighted by Gasteiger charge is 2.20. The van der Waals surface area contributed by atoms with Crippen LogP contribution in [0.4, 0.5) is 0 Å². The zero-order chi connectivity index (χ0) is 21.9. The first-order valence-electron chi connectivity index (χ1n) is 11.7. The van der Waals surface area contributed by atoms with Gasteiger partial charge in [0, 0.05) is 30.1 Å². The summed E-state index contributed by atoms with van der Waals surface area (Å²) in [5.74, 6) is 0. The molecule has 3 rings (SSSR count). The molecule has 0 atom stereocenters. The van der Waals surface area contributed by atoms with E-state index in [4.69, 9.17) is 9.47 Å². The summed E-state index contributed by atoms with van der Waals surface area (Å²) in [5, 5.41) is 1.27. The Labute approximate surface area is 187 Å². The van der Waals surface area contributed by atoms with Crippen molar-refractivity contribution in [3.63, 3.8) is 0 Å². The van der Waals surface area contributed by atoms with Crippen LogP contribution in [0.25, 0.3) is 16.5 Å². The number of aromatic nitrogens is 1. The summed E-state index contributed by atoms with van der Waals surface area (Å²) in [6.07, 6.45) is 9.85. The fraction of sp³-hybridized carbons (Fsp3) is 0.429. The van der Waals surface area contributed by atoms with Gasteiger partial charge in [0.15, 0.2) is 0 Å². The van der Waals surface area contributed by atoms with Crippen LogP contribution in [-0.4, -0.2) is 18.5 Å². The summed E-state index contributed by atoms with van der Waals surface area (Å²) in [4.78, 5) is 0. The van der Waals surface area contributed by atoms with Crippen molar-refractivity contribution in [2.24, 2.45) is 0 Å². The van der Waals surface area contributed by atoms with Crippen LogP contribution in [0.5, 0.6) is 0 Å². The van der Waals surface area contributed by atoms with Crippen molar-refractivity contribution in [3.05, 3.63) is 77.5 Å². The van der Waals surface area contributed by atoms with E-state index in [0.717, 1.165) is 13.0 Å². The topological polar surface area (TPSA) is 23.4 Å². The minimum Gasteiger partial charge on any atom is -0.359 e. The summed E-state index contributed by atoms with van der Waals surface area (Å²) in [6, 6.07) is 19.4. The van der Waals surface area contributed by atoms with Gasteiger partial charge in [0.2, 0.25) is 0 Å². The molecule has 0 aliphatic heterocycles. The summed E-state index contributed by atoms with van der Waals surface area (Å²) in [6.45, 7) is 6.16. The Morgan fingerprint density at radius 1 is 0.935 bits per heavy atom. The number of ether oxygens (including phenoxy) is 2. The van der Waals surface area contributed by atoms with Crippen molar-refractivity contribution in [2.45, 2.75) is 65.5 Å². The van der Waals surface area contributed by atoms with Crippen LogP contribution in [0.2, 0.25) is 0 Å². The summed E-state index contributed by atoms with van der Waals surface area (Å²) >= 11 is 0. The van der Waals surface area contributed by atoms with Gasteiger partial charge in [-0.1, -0.05) is 87.2 Å². The highest BCUT2D eigenvalue weighted by molar-refractivity contribution is 5.90. The molecule has 0 saturated carbocycles. The molecule has 0 unspecified atom stereocenters. The molecule has 0 aliphatic carbocycles. The minimum absolute atomic E-state index is 0.305. The number of allylic oxidation sites excluding steroid dienone is 2. The second kappa shape index (κ2) is 12.5. The van der Waals surface area contributed by atoms with E-state index in [9.17, 15) is 0 Å². The van der Waals surface area contributed by atoms with E-state index in [1.54, 1.807) is 7.11 Å². The molecule has 166 valence electrons. The average Bonchev–Trinajstić information content (AvgIpc) is 3.10. The van der Waals surface area contributed by atoms with E-state index < -0.39 is 0 Å². The van der Waals surface area contributed by atoms with Gasteiger partial charge in [0.05, 0.1) is 12.3 Å². The Kier molecular flexibility index (Phi) is 9.39. The summed E-state index contributed by atoms with van der Waals surface area (Å²) in [5.41, 5.74) is 6.58. The molecule has 0 N–H and O–H groups in total. The summed E-state index contributed by atoms with van der Waals surface area (Å²) in [7, 11) is 1.67. The van der Waals surface area contributed by atoms with Crippen LogP contribution < -0.4 is 0 Å². The average molecular weight is 420 g/mol. The molecular weight excluding hydrogens is 382 g/mol. The lowest BCUT2D eigenvalue weighted by atomic mass is 9.99. The van der Waals surface area contributed by atoms with Gasteiger partial charge in [-0.15, -0.1) is 0 Å². The molecule has 1 heterocycles. The Morgan fingerprint density at radius 2 is 1.68 bits per heavy atom. The maximum absolute atomic E-state index is 5.87. The lowest BCUT2D eigenvalue weighted by Gasteiger charge is -2.16. The quantitative estimate of drug-likeness (QED) is 0.211. The maximum atomic E-state index is 5.87. The van der Waals surface area contributed by atoms with Gasteiger partial charge in [0.1, 0.15) is 6.79 Å². The number of nitrogens with zero attached hydrogens (tertiary/aromatic N) is 1. The van der Waals surface area contributed by atoms with E-state index >= 15 is 0 Å². The van der Waals surface area contributed by atoms with Crippen molar-refractivity contribution in [3.8, 4) is 0 Å². The molecular formula is C28H37NO2. The Morgan fingerprint density at radius 3 is 2.42 bits per heavy atom. The number of fused-ring (bicyclic) bond motifs is 1. The number of hydrogen-bond donors (Lipinski definition) is 0. The smallest absolute Gasteiger partial charge is 0.146 e. The van der Waals surface area contributed by atoms with Crippen LogP contribution in [0.3, 0.4) is 0 Å². The number of para-hydroxylation sites is 1. The molecule has 0 spiro atoms. The predicted molar refractivity (Wildman–Crippen MR) is 131 cm³/mol. The van der Waals surface area contributed by atoms with Crippen molar-refractivity contribution in [1.82, 2.24) is 4.57 Å². The molecule has 1 aromatic heterocycles. The lowest BCUT2D eigenvalue weighted by Crippen LogP contribution is -2.07. The van der Waals surface area contributed by atoms with Gasteiger partial charge in [-0.25, -0.2) is 0 Å². The first kappa shape index (κ1) is 23.3. The van der Waals surface area contributed by atoms with Gasteiger partial charge >= 0.3 is 0 Å². The molecule has 0 aliphatic rings. The van der Waals surface area contributed by atoms with Crippen LogP contribution >= 0.6 is 0 Å². The molecule has 0 radical (unpaired) electrons. The third-order valence-electron chi connectivity index (χ3n) is 5.91. The fourth-order valence-electron chi connectivity index (χ4n) is 4.36. The highest BCUT2D eigenvalue weighted by Crippen LogP contribution is 2.35. The molecule has 3 heteroatoms. The third kappa shape index (κ3) is 6.09. The van der Waals surface area contributed by atoms with Crippen LogP contribution in [0, 0.1) is 0 Å². The lowest BCUT2D eigenvalue weighted by molar-refractivity contribution is -0.0388. The molecule has 0 bridgehead atoms. The highest BCUT2D eigenvalue weighted by atomic mass is 16.7. The zero-order valence-corrected chi connectivity index (χ0v) is 19.4. The van der Waals surface area contributed by atoms with Crippen molar-refractivity contribution in [2.75, 3.05) is 13.9 Å². The van der Waals surface area contributed by atoms with Gasteiger partial charge in [-0.3, -0.25) is 0 Å². The maximum Gasteiger partial charge on any atom is 0.146 e. The molecule has 0 saturated heterocycles. The SMILES string of the molecule is C/C=C(\CCCCCCC)c1c(COCOC)c2ccccc2n1Cc1ccccc1. The first-order chi connectivity index (χ1) is 15.3. The molecule has 3 aromatic rings. The zero-order valence-electron chi connectivity index (χ0n) is 19.4. The number of methoxy groups -OCH3 is 1. The third-order valence-corrected chi connectivity index (χ3v) is 5.91. The van der Waals surface area contributed by atoms with Crippen LogP contribution in [0.1, 0.15) is 69.2 Å². The predicted octanol–water partition coefficient (Wildman–Crippen LogP) is 7.57. The second-order valence-corrected chi connectivity index (χ2v) is 8.15. The Balaban J connectivity index is 2.01. The minimum atomic E-state index is 0.305. The largest absolute Gasteiger partial charge is 0.359 e. The molecule has 31 heavy (non-hydrogen) atoms. The van der Waals surface area contributed by atoms with Gasteiger partial charge in [0.25, 0.3) is 0 Å². The first-order valence-corrected chi connectivity index (χ1v) is 11.7. The summed E-state index contributed by atoms with van der Waals surface area (Å²) < 4.78 is 13.5. The van der Waals surface area contributed by atoms with E-state index in [-0.39, 0.29) is 0 Å². The number of rotatable bonds is 13. The molecule has 2 aromatic carbocycles. The van der Waals surface area contributed by atoms with E-state index in [0.29, 0.717) is 13.4 Å². The van der Waals surface area contributed by atoms with Gasteiger partial charge in [-0.05, 0) is 37.0 Å². The van der Waals surface area contributed by atoms with Crippen molar-refractivity contribution in [1.29, 1.82) is 0 Å². The number of benzene rings is 2. The number of hydrogen-bond acceptors (Lipinski definition) is 2. The van der Waals surface area contributed by atoms with E-state index in [1.165, 1.54) is 65.4 Å².